The Hall–Kier alpha value is -1.81. The lowest BCUT2D eigenvalue weighted by Crippen LogP contribution is -2.29. The van der Waals surface area contributed by atoms with Crippen molar-refractivity contribution in [2.75, 3.05) is 0 Å². The van der Waals surface area contributed by atoms with Crippen molar-refractivity contribution in [1.29, 1.82) is 0 Å². The predicted octanol–water partition coefficient (Wildman–Crippen LogP) is 4.98. The van der Waals surface area contributed by atoms with Crippen molar-refractivity contribution in [1.82, 2.24) is 0 Å². The normalized spacial score (nSPS) is 13.6. The van der Waals surface area contributed by atoms with Gasteiger partial charge in [-0.1, -0.05) is 18.2 Å². The van der Waals surface area contributed by atoms with Gasteiger partial charge in [0.05, 0.1) is 12.3 Å². The summed E-state index contributed by atoms with van der Waals surface area (Å²) in [4.78, 5) is 4.59. The fraction of sp³-hybridized carbons (Fsp3) is 0.353. The number of aliphatic imine (C=N–C) groups is 1. The molecule has 21 heavy (non-hydrogen) atoms. The Kier molecular flexibility index (Phi) is 4.68. The van der Waals surface area contributed by atoms with Crippen molar-refractivity contribution in [2.45, 2.75) is 39.5 Å². The quantitative estimate of drug-likeness (QED) is 0.576. The molecule has 3 nitrogen and oxygen atoms in total. The molecule has 0 aliphatic heterocycles. The summed E-state index contributed by atoms with van der Waals surface area (Å²) in [5, 5.41) is 0. The zero-order valence-electron chi connectivity index (χ0n) is 13.4. The molecule has 0 bridgehead atoms. The lowest BCUT2D eigenvalue weighted by Gasteiger charge is -2.22. The molecule has 1 atom stereocenters. The van der Waals surface area contributed by atoms with Crippen LogP contribution in [0.15, 0.2) is 45.8 Å². The van der Waals surface area contributed by atoms with Crippen LogP contribution in [0, 0.1) is 6.92 Å². The first-order valence-electron chi connectivity index (χ1n) is 7.23. The van der Waals surface area contributed by atoms with E-state index in [9.17, 15) is 0 Å². The van der Waals surface area contributed by atoms with Gasteiger partial charge in [-0.05, 0) is 51.7 Å². The highest BCUT2D eigenvalue weighted by atomic mass is 28.4. The van der Waals surface area contributed by atoms with Crippen molar-refractivity contribution >= 4 is 14.5 Å². The first kappa shape index (κ1) is 15.6. The molecule has 0 aliphatic rings. The average Bonchev–Trinajstić information content (AvgIpc) is 2.80. The number of rotatable bonds is 5. The first-order valence-corrected chi connectivity index (χ1v) is 10.6. The summed E-state index contributed by atoms with van der Waals surface area (Å²) in [5.74, 6) is 2.62. The molecule has 1 unspecified atom stereocenters. The first-order chi connectivity index (χ1) is 9.85. The van der Waals surface area contributed by atoms with Gasteiger partial charge >= 0.3 is 0 Å². The maximum Gasteiger partial charge on any atom is 0.242 e. The topological polar surface area (TPSA) is 34.7 Å². The van der Waals surface area contributed by atoms with Crippen LogP contribution in [0.2, 0.25) is 19.6 Å². The molecule has 0 fully saturated rings. The van der Waals surface area contributed by atoms with Crippen LogP contribution in [-0.2, 0) is 0 Å². The van der Waals surface area contributed by atoms with Gasteiger partial charge in [0, 0.05) is 5.56 Å². The van der Waals surface area contributed by atoms with E-state index in [1.165, 1.54) is 0 Å². The molecule has 112 valence electrons. The molecule has 0 N–H and O–H groups in total. The van der Waals surface area contributed by atoms with E-state index in [2.05, 4.69) is 37.6 Å². The van der Waals surface area contributed by atoms with Gasteiger partial charge in [-0.25, -0.2) is 0 Å². The standard InChI is InChI=1S/C17H23NO2Si/c1-13-10-11-15(19-13)12-18-14(2)16-8-6-7-9-17(16)20-21(3,4)5/h6-12,14H,1-5H3/b18-12+. The molecule has 1 aromatic carbocycles. The van der Waals surface area contributed by atoms with Crippen molar-refractivity contribution < 1.29 is 8.84 Å². The zero-order valence-corrected chi connectivity index (χ0v) is 14.4. The Morgan fingerprint density at radius 2 is 1.86 bits per heavy atom. The van der Waals surface area contributed by atoms with Crippen LogP contribution in [-0.4, -0.2) is 14.5 Å². The van der Waals surface area contributed by atoms with E-state index in [1.807, 2.05) is 37.3 Å². The number of aryl methyl sites for hydroxylation is 1. The second-order valence-electron chi connectivity index (χ2n) is 6.15. The Balaban J connectivity index is 2.19. The van der Waals surface area contributed by atoms with E-state index in [4.69, 9.17) is 8.84 Å². The van der Waals surface area contributed by atoms with E-state index >= 15 is 0 Å². The average molecular weight is 301 g/mol. The molecule has 0 spiro atoms. The summed E-state index contributed by atoms with van der Waals surface area (Å²) in [6.07, 6.45) is 1.78. The Bertz CT molecular complexity index is 626. The molecule has 0 amide bonds. The highest BCUT2D eigenvalue weighted by Gasteiger charge is 2.19. The van der Waals surface area contributed by atoms with Gasteiger partial charge in [-0.3, -0.25) is 4.99 Å². The lowest BCUT2D eigenvalue weighted by molar-refractivity contribution is 0.526. The molecule has 0 radical (unpaired) electrons. The van der Waals surface area contributed by atoms with E-state index in [-0.39, 0.29) is 6.04 Å². The summed E-state index contributed by atoms with van der Waals surface area (Å²) in [6.45, 7) is 10.5. The van der Waals surface area contributed by atoms with Crippen molar-refractivity contribution in [3.8, 4) is 5.75 Å². The molecule has 0 saturated carbocycles. The Morgan fingerprint density at radius 3 is 2.48 bits per heavy atom. The van der Waals surface area contributed by atoms with Crippen LogP contribution < -0.4 is 4.43 Å². The smallest absolute Gasteiger partial charge is 0.242 e. The van der Waals surface area contributed by atoms with Crippen LogP contribution in [0.3, 0.4) is 0 Å². The van der Waals surface area contributed by atoms with Crippen LogP contribution >= 0.6 is 0 Å². The summed E-state index contributed by atoms with van der Waals surface area (Å²) < 4.78 is 11.7. The number of nitrogens with zero attached hydrogens (tertiary/aromatic N) is 1. The number of para-hydroxylation sites is 1. The van der Waals surface area contributed by atoms with Gasteiger partial charge in [0.1, 0.15) is 17.3 Å². The molecule has 1 heterocycles. The predicted molar refractivity (Wildman–Crippen MR) is 89.9 cm³/mol. The second kappa shape index (κ2) is 6.31. The SMILES string of the molecule is Cc1ccc(/C=N/C(C)c2ccccc2O[Si](C)(C)C)o1. The largest absolute Gasteiger partial charge is 0.544 e. The molecule has 4 heteroatoms. The van der Waals surface area contributed by atoms with Crippen LogP contribution in [0.5, 0.6) is 5.75 Å². The van der Waals surface area contributed by atoms with E-state index in [1.54, 1.807) is 6.21 Å². The van der Waals surface area contributed by atoms with Gasteiger partial charge < -0.3 is 8.84 Å². The fourth-order valence-corrected chi connectivity index (χ4v) is 2.88. The molecular weight excluding hydrogens is 278 g/mol. The van der Waals surface area contributed by atoms with Crippen LogP contribution in [0.25, 0.3) is 0 Å². The van der Waals surface area contributed by atoms with Crippen LogP contribution in [0.1, 0.15) is 30.0 Å². The molecule has 1 aromatic heterocycles. The zero-order chi connectivity index (χ0) is 15.5. The third-order valence-corrected chi connectivity index (χ3v) is 3.80. The lowest BCUT2D eigenvalue weighted by atomic mass is 10.1. The van der Waals surface area contributed by atoms with Gasteiger partial charge in [-0.2, -0.15) is 0 Å². The van der Waals surface area contributed by atoms with Gasteiger partial charge in [-0.15, -0.1) is 0 Å². The number of hydrogen-bond donors (Lipinski definition) is 0. The van der Waals surface area contributed by atoms with Crippen molar-refractivity contribution in [2.24, 2.45) is 4.99 Å². The Morgan fingerprint density at radius 1 is 1.14 bits per heavy atom. The number of benzene rings is 1. The summed E-state index contributed by atoms with van der Waals surface area (Å²) in [5.41, 5.74) is 1.11. The van der Waals surface area contributed by atoms with Crippen LogP contribution in [0.4, 0.5) is 0 Å². The maximum absolute atomic E-state index is 6.15. The second-order valence-corrected chi connectivity index (χ2v) is 10.6. The third kappa shape index (κ3) is 4.60. The van der Waals surface area contributed by atoms with E-state index in [0.717, 1.165) is 22.8 Å². The summed E-state index contributed by atoms with van der Waals surface area (Å²) >= 11 is 0. The Labute approximate surface area is 127 Å². The van der Waals surface area contributed by atoms with Crippen molar-refractivity contribution in [3.63, 3.8) is 0 Å². The van der Waals surface area contributed by atoms with E-state index < -0.39 is 8.32 Å². The molecular formula is C17H23NO2Si. The minimum Gasteiger partial charge on any atom is -0.544 e. The monoisotopic (exact) mass is 301 g/mol. The summed E-state index contributed by atoms with van der Waals surface area (Å²) in [7, 11) is -1.63. The molecule has 2 rings (SSSR count). The minimum atomic E-state index is -1.63. The van der Waals surface area contributed by atoms with Gasteiger partial charge in [0.15, 0.2) is 0 Å². The highest BCUT2D eigenvalue weighted by Crippen LogP contribution is 2.29. The van der Waals surface area contributed by atoms with Gasteiger partial charge in [0.25, 0.3) is 0 Å². The maximum atomic E-state index is 6.15. The van der Waals surface area contributed by atoms with E-state index in [0.29, 0.717) is 0 Å². The fourth-order valence-electron chi connectivity index (χ4n) is 2.04. The molecule has 0 aliphatic carbocycles. The minimum absolute atomic E-state index is 0.0305. The highest BCUT2D eigenvalue weighted by molar-refractivity contribution is 6.70. The number of furan rings is 1. The third-order valence-electron chi connectivity index (χ3n) is 2.97. The van der Waals surface area contributed by atoms with Crippen molar-refractivity contribution in [3.05, 3.63) is 53.5 Å². The van der Waals surface area contributed by atoms with Gasteiger partial charge in [0.2, 0.25) is 8.32 Å². The molecule has 0 saturated heterocycles. The number of hydrogen-bond acceptors (Lipinski definition) is 3. The summed E-state index contributed by atoms with van der Waals surface area (Å²) in [6, 6.07) is 12.0. The molecule has 2 aromatic rings.